The minimum Gasteiger partial charge on any atom is -0.298 e. The van der Waals surface area contributed by atoms with Crippen molar-refractivity contribution in [1.82, 2.24) is 4.98 Å². The average Bonchev–Trinajstić information content (AvgIpc) is 2.38. The Morgan fingerprint density at radius 2 is 1.72 bits per heavy atom. The van der Waals surface area contributed by atoms with Crippen molar-refractivity contribution in [3.8, 4) is 11.1 Å². The topological polar surface area (TPSA) is 30.0 Å². The first-order valence-electron chi connectivity index (χ1n) is 5.10. The number of hydrogen-bond donors (Lipinski definition) is 0. The van der Waals surface area contributed by atoms with E-state index in [4.69, 9.17) is 0 Å². The lowest BCUT2D eigenvalue weighted by Gasteiger charge is -2.11. The second kappa shape index (κ2) is 4.60. The highest BCUT2D eigenvalue weighted by Gasteiger charge is 2.35. The Balaban J connectivity index is 2.53. The standard InChI is InChI=1S/C13H8F3NO/c14-13(15,16)12-11(2-1-7-17-12)10-5-3-9(8-18)4-6-10/h1-8H. The molecule has 0 unspecified atom stereocenters. The lowest BCUT2D eigenvalue weighted by molar-refractivity contribution is -0.140. The Kier molecular flexibility index (Phi) is 3.14. The summed E-state index contributed by atoms with van der Waals surface area (Å²) in [5.74, 6) is 0. The molecule has 0 N–H and O–H groups in total. The number of aromatic nitrogens is 1. The number of rotatable bonds is 2. The van der Waals surface area contributed by atoms with Crippen molar-refractivity contribution in [2.75, 3.05) is 0 Å². The molecule has 0 saturated carbocycles. The molecule has 0 aliphatic heterocycles. The van der Waals surface area contributed by atoms with Crippen molar-refractivity contribution in [1.29, 1.82) is 0 Å². The van der Waals surface area contributed by atoms with E-state index in [1.54, 1.807) is 0 Å². The molecule has 0 bridgehead atoms. The van der Waals surface area contributed by atoms with Crippen LogP contribution in [0.1, 0.15) is 16.1 Å². The lowest BCUT2D eigenvalue weighted by atomic mass is 10.0. The van der Waals surface area contributed by atoms with E-state index in [0.717, 1.165) is 6.20 Å². The lowest BCUT2D eigenvalue weighted by Crippen LogP contribution is -2.09. The van der Waals surface area contributed by atoms with Crippen LogP contribution in [-0.2, 0) is 6.18 Å². The van der Waals surface area contributed by atoms with Gasteiger partial charge in [-0.05, 0) is 11.6 Å². The minimum atomic E-state index is -4.50. The SMILES string of the molecule is O=Cc1ccc(-c2cccnc2C(F)(F)F)cc1. The highest BCUT2D eigenvalue weighted by Crippen LogP contribution is 2.35. The Hall–Kier alpha value is -2.17. The summed E-state index contributed by atoms with van der Waals surface area (Å²) in [6.07, 6.45) is -2.76. The van der Waals surface area contributed by atoms with Gasteiger partial charge in [0.2, 0.25) is 0 Å². The third kappa shape index (κ3) is 2.40. The van der Waals surface area contributed by atoms with Crippen LogP contribution in [0.2, 0.25) is 0 Å². The molecule has 0 aliphatic carbocycles. The van der Waals surface area contributed by atoms with Crippen molar-refractivity contribution in [2.24, 2.45) is 0 Å². The molecule has 92 valence electrons. The van der Waals surface area contributed by atoms with Gasteiger partial charge < -0.3 is 0 Å². The Morgan fingerprint density at radius 3 is 2.28 bits per heavy atom. The highest BCUT2D eigenvalue weighted by atomic mass is 19.4. The molecule has 0 atom stereocenters. The Bertz CT molecular complexity index is 561. The van der Waals surface area contributed by atoms with Gasteiger partial charge in [-0.15, -0.1) is 0 Å². The van der Waals surface area contributed by atoms with E-state index in [1.807, 2.05) is 0 Å². The largest absolute Gasteiger partial charge is 0.433 e. The minimum absolute atomic E-state index is 0.00227. The van der Waals surface area contributed by atoms with Crippen LogP contribution >= 0.6 is 0 Å². The van der Waals surface area contributed by atoms with Crippen molar-refractivity contribution in [3.63, 3.8) is 0 Å². The number of alkyl halides is 3. The summed E-state index contributed by atoms with van der Waals surface area (Å²) in [5, 5.41) is 0. The quantitative estimate of drug-likeness (QED) is 0.763. The van der Waals surface area contributed by atoms with Gasteiger partial charge in [-0.1, -0.05) is 30.3 Å². The summed E-state index contributed by atoms with van der Waals surface area (Å²) < 4.78 is 38.3. The maximum Gasteiger partial charge on any atom is 0.433 e. The molecule has 0 spiro atoms. The predicted molar refractivity (Wildman–Crippen MR) is 60.1 cm³/mol. The molecule has 0 amide bonds. The number of carbonyl (C=O) groups is 1. The van der Waals surface area contributed by atoms with E-state index < -0.39 is 11.9 Å². The zero-order valence-corrected chi connectivity index (χ0v) is 9.11. The van der Waals surface area contributed by atoms with E-state index in [1.165, 1.54) is 36.4 Å². The molecule has 0 radical (unpaired) electrons. The second-order valence-corrected chi connectivity index (χ2v) is 3.64. The molecule has 2 rings (SSSR count). The molecule has 0 aliphatic rings. The van der Waals surface area contributed by atoms with Gasteiger partial charge in [0.05, 0.1) is 0 Å². The van der Waals surface area contributed by atoms with Gasteiger partial charge in [0.25, 0.3) is 0 Å². The first-order chi connectivity index (χ1) is 8.52. The van der Waals surface area contributed by atoms with Crippen molar-refractivity contribution in [2.45, 2.75) is 6.18 Å². The molecule has 1 aromatic carbocycles. The van der Waals surface area contributed by atoms with Crippen molar-refractivity contribution in [3.05, 3.63) is 53.9 Å². The van der Waals surface area contributed by atoms with Crippen LogP contribution in [0.15, 0.2) is 42.6 Å². The first-order valence-corrected chi connectivity index (χ1v) is 5.10. The zero-order chi connectivity index (χ0) is 13.2. The van der Waals surface area contributed by atoms with Crippen LogP contribution < -0.4 is 0 Å². The van der Waals surface area contributed by atoms with Crippen LogP contribution in [0.4, 0.5) is 13.2 Å². The fourth-order valence-electron chi connectivity index (χ4n) is 1.61. The third-order valence-electron chi connectivity index (χ3n) is 2.43. The molecule has 0 saturated heterocycles. The zero-order valence-electron chi connectivity index (χ0n) is 9.11. The molecular formula is C13H8F3NO. The third-order valence-corrected chi connectivity index (χ3v) is 2.43. The summed E-state index contributed by atoms with van der Waals surface area (Å²) >= 11 is 0. The number of nitrogens with zero attached hydrogens (tertiary/aromatic N) is 1. The molecule has 5 heteroatoms. The van der Waals surface area contributed by atoms with Crippen LogP contribution in [0.5, 0.6) is 0 Å². The molecule has 1 aromatic heterocycles. The average molecular weight is 251 g/mol. The van der Waals surface area contributed by atoms with E-state index in [9.17, 15) is 18.0 Å². The van der Waals surface area contributed by atoms with E-state index in [-0.39, 0.29) is 5.56 Å². The van der Waals surface area contributed by atoms with E-state index >= 15 is 0 Å². The summed E-state index contributed by atoms with van der Waals surface area (Å²) in [6.45, 7) is 0. The summed E-state index contributed by atoms with van der Waals surface area (Å²) in [6, 6.07) is 8.67. The van der Waals surface area contributed by atoms with E-state index in [0.29, 0.717) is 17.4 Å². The second-order valence-electron chi connectivity index (χ2n) is 3.64. The first kappa shape index (κ1) is 12.3. The molecule has 1 heterocycles. The number of aldehydes is 1. The van der Waals surface area contributed by atoms with Gasteiger partial charge in [0.15, 0.2) is 5.69 Å². The Labute approximate surface area is 101 Å². The summed E-state index contributed by atoms with van der Waals surface area (Å²) in [4.78, 5) is 13.9. The number of benzene rings is 1. The molecule has 18 heavy (non-hydrogen) atoms. The maximum atomic E-state index is 12.8. The van der Waals surface area contributed by atoms with Gasteiger partial charge in [-0.2, -0.15) is 13.2 Å². The molecular weight excluding hydrogens is 243 g/mol. The summed E-state index contributed by atoms with van der Waals surface area (Å²) in [5.41, 5.74) is -0.136. The smallest absolute Gasteiger partial charge is 0.298 e. The van der Waals surface area contributed by atoms with Gasteiger partial charge in [0.1, 0.15) is 6.29 Å². The predicted octanol–water partition coefficient (Wildman–Crippen LogP) is 3.58. The van der Waals surface area contributed by atoms with Gasteiger partial charge >= 0.3 is 6.18 Å². The fourth-order valence-corrected chi connectivity index (χ4v) is 1.61. The van der Waals surface area contributed by atoms with Crippen molar-refractivity contribution < 1.29 is 18.0 Å². The van der Waals surface area contributed by atoms with Crippen LogP contribution in [0.25, 0.3) is 11.1 Å². The monoisotopic (exact) mass is 251 g/mol. The highest BCUT2D eigenvalue weighted by molar-refractivity contribution is 5.77. The number of halogens is 3. The Morgan fingerprint density at radius 1 is 1.06 bits per heavy atom. The van der Waals surface area contributed by atoms with Gasteiger partial charge in [0, 0.05) is 17.3 Å². The van der Waals surface area contributed by atoms with Crippen LogP contribution in [0, 0.1) is 0 Å². The maximum absolute atomic E-state index is 12.8. The van der Waals surface area contributed by atoms with Crippen LogP contribution in [0.3, 0.4) is 0 Å². The van der Waals surface area contributed by atoms with Gasteiger partial charge in [-0.3, -0.25) is 9.78 Å². The number of carbonyl (C=O) groups excluding carboxylic acids is 1. The van der Waals surface area contributed by atoms with Gasteiger partial charge in [-0.25, -0.2) is 0 Å². The normalized spacial score (nSPS) is 11.3. The molecule has 2 aromatic rings. The van der Waals surface area contributed by atoms with Crippen molar-refractivity contribution >= 4 is 6.29 Å². The van der Waals surface area contributed by atoms with E-state index in [2.05, 4.69) is 4.98 Å². The summed E-state index contributed by atoms with van der Waals surface area (Å²) in [7, 11) is 0. The fraction of sp³-hybridized carbons (Fsp3) is 0.0769. The number of pyridine rings is 1. The molecule has 0 fully saturated rings. The molecule has 2 nitrogen and oxygen atoms in total. The van der Waals surface area contributed by atoms with Crippen LogP contribution in [-0.4, -0.2) is 11.3 Å². The number of hydrogen-bond acceptors (Lipinski definition) is 2.